The van der Waals surface area contributed by atoms with Crippen molar-refractivity contribution in [2.24, 2.45) is 0 Å². The van der Waals surface area contributed by atoms with Gasteiger partial charge in [0.25, 0.3) is 10.1 Å². The van der Waals surface area contributed by atoms with Crippen LogP contribution in [0.2, 0.25) is 0 Å². The molecule has 0 bridgehead atoms. The van der Waals surface area contributed by atoms with Gasteiger partial charge in [-0.3, -0.25) is 4.55 Å². The number of hydroxylamine groups is 2. The lowest BCUT2D eigenvalue weighted by molar-refractivity contribution is -0.117. The van der Waals surface area contributed by atoms with Gasteiger partial charge in [0.2, 0.25) is 0 Å². The average molecular weight is 197 g/mol. The molecular formula is C6H15NO4S. The van der Waals surface area contributed by atoms with Gasteiger partial charge in [0.1, 0.15) is 0 Å². The fourth-order valence-electron chi connectivity index (χ4n) is 0.640. The van der Waals surface area contributed by atoms with Crippen molar-refractivity contribution in [3.63, 3.8) is 0 Å². The molecule has 0 radical (unpaired) electrons. The SMILES string of the molecule is CCC(C)N(O)CCS(=O)(=O)O. The predicted molar refractivity (Wildman–Crippen MR) is 44.7 cm³/mol. The fourth-order valence-corrected chi connectivity index (χ4v) is 1.06. The van der Waals surface area contributed by atoms with Crippen molar-refractivity contribution < 1.29 is 18.2 Å². The molecule has 0 aliphatic carbocycles. The van der Waals surface area contributed by atoms with E-state index in [0.717, 1.165) is 11.5 Å². The molecule has 0 aromatic carbocycles. The van der Waals surface area contributed by atoms with E-state index in [2.05, 4.69) is 0 Å². The lowest BCUT2D eigenvalue weighted by atomic mass is 10.2. The van der Waals surface area contributed by atoms with Gasteiger partial charge in [-0.05, 0) is 13.3 Å². The maximum absolute atomic E-state index is 10.3. The standard InChI is InChI=1S/C6H15NO4S/c1-3-6(2)7(8)4-5-12(9,10)11/h6,8H,3-5H2,1-2H3,(H,9,10,11). The molecule has 0 fully saturated rings. The van der Waals surface area contributed by atoms with Gasteiger partial charge in [0, 0.05) is 12.6 Å². The number of rotatable bonds is 5. The fraction of sp³-hybridized carbons (Fsp3) is 1.00. The molecule has 0 aliphatic rings. The first-order valence-corrected chi connectivity index (χ1v) is 5.38. The summed E-state index contributed by atoms with van der Waals surface area (Å²) in [4.78, 5) is 0. The molecule has 0 rings (SSSR count). The maximum atomic E-state index is 10.3. The Hall–Kier alpha value is -0.170. The summed E-state index contributed by atoms with van der Waals surface area (Å²) in [5, 5.41) is 10.0. The Labute approximate surface area is 72.7 Å². The lowest BCUT2D eigenvalue weighted by Crippen LogP contribution is -2.33. The second-order valence-corrected chi connectivity index (χ2v) is 4.28. The van der Waals surface area contributed by atoms with Crippen molar-refractivity contribution in [2.45, 2.75) is 26.3 Å². The Balaban J connectivity index is 3.79. The number of hydrogen-bond donors (Lipinski definition) is 2. The second-order valence-electron chi connectivity index (χ2n) is 2.71. The van der Waals surface area contributed by atoms with Crippen molar-refractivity contribution >= 4 is 10.1 Å². The van der Waals surface area contributed by atoms with E-state index in [4.69, 9.17) is 9.76 Å². The summed E-state index contributed by atoms with van der Waals surface area (Å²) < 4.78 is 28.9. The van der Waals surface area contributed by atoms with E-state index >= 15 is 0 Å². The van der Waals surface area contributed by atoms with E-state index in [1.165, 1.54) is 0 Å². The second kappa shape index (κ2) is 4.76. The molecule has 0 heterocycles. The van der Waals surface area contributed by atoms with Crippen LogP contribution in [-0.4, -0.2) is 41.6 Å². The van der Waals surface area contributed by atoms with Gasteiger partial charge >= 0.3 is 0 Å². The molecule has 5 nitrogen and oxygen atoms in total. The average Bonchev–Trinajstić information content (AvgIpc) is 1.97. The monoisotopic (exact) mass is 197 g/mol. The molecule has 2 N–H and O–H groups in total. The molecule has 1 unspecified atom stereocenters. The third-order valence-electron chi connectivity index (χ3n) is 1.68. The Morgan fingerprint density at radius 2 is 2.00 bits per heavy atom. The zero-order valence-corrected chi connectivity index (χ0v) is 8.08. The Morgan fingerprint density at radius 1 is 1.50 bits per heavy atom. The highest BCUT2D eigenvalue weighted by molar-refractivity contribution is 7.85. The van der Waals surface area contributed by atoms with Crippen LogP contribution in [0.4, 0.5) is 0 Å². The maximum Gasteiger partial charge on any atom is 0.266 e. The van der Waals surface area contributed by atoms with Gasteiger partial charge < -0.3 is 5.21 Å². The number of hydrogen-bond acceptors (Lipinski definition) is 4. The van der Waals surface area contributed by atoms with Crippen molar-refractivity contribution in [1.29, 1.82) is 0 Å². The lowest BCUT2D eigenvalue weighted by Gasteiger charge is -2.19. The van der Waals surface area contributed by atoms with Crippen LogP contribution in [-0.2, 0) is 10.1 Å². The summed E-state index contributed by atoms with van der Waals surface area (Å²) in [5.41, 5.74) is 0. The topological polar surface area (TPSA) is 77.8 Å². The van der Waals surface area contributed by atoms with Gasteiger partial charge in [-0.2, -0.15) is 13.5 Å². The van der Waals surface area contributed by atoms with Gasteiger partial charge in [0.15, 0.2) is 0 Å². The van der Waals surface area contributed by atoms with E-state index < -0.39 is 15.9 Å². The van der Waals surface area contributed by atoms with Gasteiger partial charge in [-0.25, -0.2) is 0 Å². The van der Waals surface area contributed by atoms with Crippen molar-refractivity contribution in [1.82, 2.24) is 5.06 Å². The van der Waals surface area contributed by atoms with Crippen LogP contribution in [0.5, 0.6) is 0 Å². The Kier molecular flexibility index (Phi) is 4.69. The van der Waals surface area contributed by atoms with Crippen LogP contribution in [0.3, 0.4) is 0 Å². The van der Waals surface area contributed by atoms with Crippen molar-refractivity contribution in [3.8, 4) is 0 Å². The Bertz CT molecular complexity index is 214. The van der Waals surface area contributed by atoms with Crippen LogP contribution in [0, 0.1) is 0 Å². The largest absolute Gasteiger partial charge is 0.314 e. The molecular weight excluding hydrogens is 182 g/mol. The summed E-state index contributed by atoms with van der Waals surface area (Å²) >= 11 is 0. The molecule has 1 atom stereocenters. The van der Waals surface area contributed by atoms with E-state index in [9.17, 15) is 8.42 Å². The minimum absolute atomic E-state index is 0.0617. The normalized spacial score (nSPS) is 15.1. The van der Waals surface area contributed by atoms with Crippen LogP contribution in [0.1, 0.15) is 20.3 Å². The van der Waals surface area contributed by atoms with E-state index in [1.54, 1.807) is 6.92 Å². The highest BCUT2D eigenvalue weighted by Gasteiger charge is 2.12. The van der Waals surface area contributed by atoms with Gasteiger partial charge in [-0.1, -0.05) is 6.92 Å². The number of nitrogens with zero attached hydrogens (tertiary/aromatic N) is 1. The molecule has 0 amide bonds. The van der Waals surface area contributed by atoms with E-state index in [-0.39, 0.29) is 12.6 Å². The molecule has 6 heteroatoms. The first kappa shape index (κ1) is 11.8. The quantitative estimate of drug-likeness (QED) is 0.491. The zero-order valence-electron chi connectivity index (χ0n) is 7.27. The molecule has 74 valence electrons. The summed E-state index contributed by atoms with van der Waals surface area (Å²) in [6, 6.07) is -0.0910. The third-order valence-corrected chi connectivity index (χ3v) is 2.38. The molecule has 12 heavy (non-hydrogen) atoms. The molecule has 0 saturated heterocycles. The summed E-state index contributed by atoms with van der Waals surface area (Å²) in [6.07, 6.45) is 0.724. The van der Waals surface area contributed by atoms with Crippen molar-refractivity contribution in [3.05, 3.63) is 0 Å². The molecule has 0 aromatic heterocycles. The van der Waals surface area contributed by atoms with Gasteiger partial charge in [0.05, 0.1) is 5.75 Å². The summed E-state index contributed by atoms with van der Waals surface area (Å²) in [7, 11) is -3.96. The predicted octanol–water partition coefficient (Wildman–Crippen LogP) is 0.364. The van der Waals surface area contributed by atoms with Crippen LogP contribution >= 0.6 is 0 Å². The first-order valence-electron chi connectivity index (χ1n) is 3.77. The molecule has 0 saturated carbocycles. The molecule has 0 aliphatic heterocycles. The summed E-state index contributed by atoms with van der Waals surface area (Å²) in [6.45, 7) is 3.58. The minimum Gasteiger partial charge on any atom is -0.314 e. The van der Waals surface area contributed by atoms with Gasteiger partial charge in [-0.15, -0.1) is 0 Å². The van der Waals surface area contributed by atoms with Crippen LogP contribution in [0.25, 0.3) is 0 Å². The molecule has 0 spiro atoms. The highest BCUT2D eigenvalue weighted by Crippen LogP contribution is 1.99. The van der Waals surface area contributed by atoms with Crippen LogP contribution < -0.4 is 0 Å². The smallest absolute Gasteiger partial charge is 0.266 e. The molecule has 0 aromatic rings. The third kappa shape index (κ3) is 5.48. The minimum atomic E-state index is -3.96. The van der Waals surface area contributed by atoms with Crippen molar-refractivity contribution in [2.75, 3.05) is 12.3 Å². The summed E-state index contributed by atoms with van der Waals surface area (Å²) in [5.74, 6) is -0.437. The van der Waals surface area contributed by atoms with Crippen LogP contribution in [0.15, 0.2) is 0 Å². The van der Waals surface area contributed by atoms with E-state index in [0.29, 0.717) is 0 Å². The Morgan fingerprint density at radius 3 is 2.33 bits per heavy atom. The first-order chi connectivity index (χ1) is 5.37. The zero-order chi connectivity index (χ0) is 9.78. The van der Waals surface area contributed by atoms with E-state index in [1.807, 2.05) is 6.92 Å². The highest BCUT2D eigenvalue weighted by atomic mass is 32.2.